The van der Waals surface area contributed by atoms with Crippen molar-refractivity contribution in [1.82, 2.24) is 15.5 Å². The minimum absolute atomic E-state index is 0.651. The molecule has 2 aromatic rings. The van der Waals surface area contributed by atoms with Gasteiger partial charge in [0, 0.05) is 24.5 Å². The van der Waals surface area contributed by atoms with E-state index in [1.54, 1.807) is 6.20 Å². The molecular formula is C15H19N3. The summed E-state index contributed by atoms with van der Waals surface area (Å²) in [5, 5.41) is 10.5. The third-order valence-corrected chi connectivity index (χ3v) is 3.91. The standard InChI is InChI=1S/C15H19N3/c1-11-4-2-3-5-15(11)12-8-14(9-12)16-10-13-6-7-17-18-13/h2-7,12,14,16H,8-10H2,1H3,(H,17,18). The Kier molecular flexibility index (Phi) is 3.15. The summed E-state index contributed by atoms with van der Waals surface area (Å²) in [6.07, 6.45) is 4.30. The summed E-state index contributed by atoms with van der Waals surface area (Å²) in [6, 6.07) is 11.4. The summed E-state index contributed by atoms with van der Waals surface area (Å²) in [5.41, 5.74) is 4.11. The topological polar surface area (TPSA) is 40.7 Å². The number of aromatic nitrogens is 2. The molecule has 1 aromatic carbocycles. The zero-order valence-electron chi connectivity index (χ0n) is 10.7. The largest absolute Gasteiger partial charge is 0.308 e. The Labute approximate surface area is 108 Å². The van der Waals surface area contributed by atoms with Crippen LogP contribution in [0.25, 0.3) is 0 Å². The number of nitrogens with zero attached hydrogens (tertiary/aromatic N) is 1. The van der Waals surface area contributed by atoms with E-state index in [1.165, 1.54) is 24.0 Å². The number of aryl methyl sites for hydroxylation is 1. The van der Waals surface area contributed by atoms with Crippen molar-refractivity contribution in [3.63, 3.8) is 0 Å². The maximum absolute atomic E-state index is 3.95. The smallest absolute Gasteiger partial charge is 0.0490 e. The molecule has 0 saturated heterocycles. The predicted molar refractivity (Wildman–Crippen MR) is 72.4 cm³/mol. The van der Waals surface area contributed by atoms with E-state index < -0.39 is 0 Å². The van der Waals surface area contributed by atoms with Crippen molar-refractivity contribution in [2.24, 2.45) is 0 Å². The summed E-state index contributed by atoms with van der Waals surface area (Å²) >= 11 is 0. The Hall–Kier alpha value is -1.61. The van der Waals surface area contributed by atoms with Crippen LogP contribution in [0.5, 0.6) is 0 Å². The molecule has 0 unspecified atom stereocenters. The maximum Gasteiger partial charge on any atom is 0.0490 e. The average Bonchev–Trinajstić information content (AvgIpc) is 2.82. The van der Waals surface area contributed by atoms with Crippen LogP contribution in [0.4, 0.5) is 0 Å². The molecule has 0 amide bonds. The summed E-state index contributed by atoms with van der Waals surface area (Å²) < 4.78 is 0. The van der Waals surface area contributed by atoms with Crippen LogP contribution >= 0.6 is 0 Å². The number of H-pyrrole nitrogens is 1. The van der Waals surface area contributed by atoms with Crippen LogP contribution in [0.15, 0.2) is 36.5 Å². The van der Waals surface area contributed by atoms with Crippen molar-refractivity contribution in [3.05, 3.63) is 53.3 Å². The Bertz CT molecular complexity index is 498. The minimum atomic E-state index is 0.651. The SMILES string of the molecule is Cc1ccccc1C1CC(NCc2ccn[nH]2)C1. The van der Waals surface area contributed by atoms with Crippen LogP contribution < -0.4 is 5.32 Å². The van der Waals surface area contributed by atoms with Gasteiger partial charge in [-0.05, 0) is 42.9 Å². The number of hydrogen-bond donors (Lipinski definition) is 2. The summed E-state index contributed by atoms with van der Waals surface area (Å²) in [6.45, 7) is 3.10. The molecule has 0 atom stereocenters. The van der Waals surface area contributed by atoms with Gasteiger partial charge in [0.15, 0.2) is 0 Å². The summed E-state index contributed by atoms with van der Waals surface area (Å²) in [4.78, 5) is 0. The molecule has 0 spiro atoms. The number of nitrogens with one attached hydrogen (secondary N) is 2. The highest BCUT2D eigenvalue weighted by atomic mass is 15.1. The Morgan fingerprint density at radius 2 is 2.11 bits per heavy atom. The third kappa shape index (κ3) is 2.31. The fourth-order valence-corrected chi connectivity index (χ4v) is 2.72. The van der Waals surface area contributed by atoms with Crippen molar-refractivity contribution in [2.75, 3.05) is 0 Å². The second-order valence-corrected chi connectivity index (χ2v) is 5.18. The lowest BCUT2D eigenvalue weighted by Crippen LogP contribution is -2.39. The summed E-state index contributed by atoms with van der Waals surface area (Å²) in [7, 11) is 0. The van der Waals surface area contributed by atoms with Crippen molar-refractivity contribution in [1.29, 1.82) is 0 Å². The van der Waals surface area contributed by atoms with Crippen molar-refractivity contribution in [3.8, 4) is 0 Å². The van der Waals surface area contributed by atoms with Gasteiger partial charge in [0.25, 0.3) is 0 Å². The predicted octanol–water partition coefficient (Wildman–Crippen LogP) is 2.75. The molecule has 3 rings (SSSR count). The Morgan fingerprint density at radius 3 is 2.83 bits per heavy atom. The van der Waals surface area contributed by atoms with E-state index in [1.807, 2.05) is 6.07 Å². The molecular weight excluding hydrogens is 222 g/mol. The van der Waals surface area contributed by atoms with E-state index in [0.717, 1.165) is 18.2 Å². The minimum Gasteiger partial charge on any atom is -0.308 e. The Balaban J connectivity index is 1.50. The zero-order chi connectivity index (χ0) is 12.4. The highest BCUT2D eigenvalue weighted by Crippen LogP contribution is 2.38. The van der Waals surface area contributed by atoms with Gasteiger partial charge in [-0.2, -0.15) is 5.10 Å². The van der Waals surface area contributed by atoms with Gasteiger partial charge >= 0.3 is 0 Å². The molecule has 1 saturated carbocycles. The second kappa shape index (κ2) is 4.94. The van der Waals surface area contributed by atoms with E-state index in [2.05, 4.69) is 46.7 Å². The first kappa shape index (κ1) is 11.5. The van der Waals surface area contributed by atoms with Crippen molar-refractivity contribution >= 4 is 0 Å². The molecule has 1 heterocycles. The molecule has 0 aliphatic heterocycles. The van der Waals surface area contributed by atoms with Gasteiger partial charge in [-0.15, -0.1) is 0 Å². The van der Waals surface area contributed by atoms with E-state index in [0.29, 0.717) is 6.04 Å². The molecule has 3 nitrogen and oxygen atoms in total. The zero-order valence-corrected chi connectivity index (χ0v) is 10.7. The van der Waals surface area contributed by atoms with Gasteiger partial charge in [0.1, 0.15) is 0 Å². The van der Waals surface area contributed by atoms with Gasteiger partial charge in [0.2, 0.25) is 0 Å². The lowest BCUT2D eigenvalue weighted by Gasteiger charge is -2.37. The first-order valence-corrected chi connectivity index (χ1v) is 6.60. The number of hydrogen-bond acceptors (Lipinski definition) is 2. The van der Waals surface area contributed by atoms with Gasteiger partial charge < -0.3 is 5.32 Å². The normalized spacial score (nSPS) is 22.7. The van der Waals surface area contributed by atoms with Crippen molar-refractivity contribution in [2.45, 2.75) is 38.3 Å². The fraction of sp³-hybridized carbons (Fsp3) is 0.400. The van der Waals surface area contributed by atoms with Gasteiger partial charge in [-0.25, -0.2) is 0 Å². The second-order valence-electron chi connectivity index (χ2n) is 5.18. The van der Waals surface area contributed by atoms with Gasteiger partial charge in [0.05, 0.1) is 0 Å². The van der Waals surface area contributed by atoms with E-state index in [9.17, 15) is 0 Å². The van der Waals surface area contributed by atoms with E-state index in [-0.39, 0.29) is 0 Å². The maximum atomic E-state index is 3.95. The number of rotatable bonds is 4. The van der Waals surface area contributed by atoms with Crippen LogP contribution in [0.1, 0.15) is 35.6 Å². The lowest BCUT2D eigenvalue weighted by molar-refractivity contribution is 0.288. The first-order valence-electron chi connectivity index (χ1n) is 6.60. The molecule has 3 heteroatoms. The van der Waals surface area contributed by atoms with Gasteiger partial charge in [-0.1, -0.05) is 24.3 Å². The van der Waals surface area contributed by atoms with E-state index >= 15 is 0 Å². The molecule has 18 heavy (non-hydrogen) atoms. The molecule has 2 N–H and O–H groups in total. The molecule has 1 fully saturated rings. The van der Waals surface area contributed by atoms with Gasteiger partial charge in [-0.3, -0.25) is 5.10 Å². The van der Waals surface area contributed by atoms with Crippen LogP contribution in [0.2, 0.25) is 0 Å². The lowest BCUT2D eigenvalue weighted by atomic mass is 9.74. The highest BCUT2D eigenvalue weighted by molar-refractivity contribution is 5.31. The fourth-order valence-electron chi connectivity index (χ4n) is 2.72. The van der Waals surface area contributed by atoms with E-state index in [4.69, 9.17) is 0 Å². The molecule has 1 aromatic heterocycles. The monoisotopic (exact) mass is 241 g/mol. The average molecular weight is 241 g/mol. The summed E-state index contributed by atoms with van der Waals surface area (Å²) in [5.74, 6) is 0.741. The molecule has 0 radical (unpaired) electrons. The number of benzene rings is 1. The van der Waals surface area contributed by atoms with Crippen molar-refractivity contribution < 1.29 is 0 Å². The quantitative estimate of drug-likeness (QED) is 0.864. The number of aromatic amines is 1. The molecule has 1 aliphatic carbocycles. The third-order valence-electron chi connectivity index (χ3n) is 3.91. The van der Waals surface area contributed by atoms with Crippen LogP contribution in [-0.4, -0.2) is 16.2 Å². The molecule has 1 aliphatic rings. The molecule has 0 bridgehead atoms. The van der Waals surface area contributed by atoms with Crippen LogP contribution in [-0.2, 0) is 6.54 Å². The van der Waals surface area contributed by atoms with Crippen LogP contribution in [0, 0.1) is 6.92 Å². The van der Waals surface area contributed by atoms with Crippen LogP contribution in [0.3, 0.4) is 0 Å². The first-order chi connectivity index (χ1) is 8.83. The molecule has 94 valence electrons. The Morgan fingerprint density at radius 1 is 1.28 bits per heavy atom. The highest BCUT2D eigenvalue weighted by Gasteiger charge is 2.30.